The molecule has 39 heavy (non-hydrogen) atoms. The maximum absolute atomic E-state index is 13.6. The van der Waals surface area contributed by atoms with Crippen LogP contribution in [-0.2, 0) is 76.3 Å². The summed E-state index contributed by atoms with van der Waals surface area (Å²) in [6.07, 6.45) is 0. The van der Waals surface area contributed by atoms with Crippen molar-refractivity contribution in [2.45, 2.75) is 0 Å². The first-order valence-corrected chi connectivity index (χ1v) is 10.5. The molecule has 0 unspecified atom stereocenters. The second-order valence-corrected chi connectivity index (χ2v) is 7.31. The van der Waals surface area contributed by atoms with E-state index in [0.717, 1.165) is 56.9 Å². The fraction of sp³-hybridized carbons (Fsp3) is 0.478. The first kappa shape index (κ1) is 32.3. The molecule has 0 aromatic carbocycles. The molecule has 0 aliphatic heterocycles. The van der Waals surface area contributed by atoms with Gasteiger partial charge in [0.15, 0.2) is 5.41 Å². The standard InChI is InChI=1S/C23H26O16/c1-32-15(24)9-10(16(25)33-2)12(18(27)35-4)14(20(29)37-6)23(21(30)38-7,22(31)39-8)13(19(28)36-5)11(9)17(26)34-3/h13-14H,1-8H3/t13-,14-/m1/s1. The molecule has 1 rings (SSSR count). The van der Waals surface area contributed by atoms with Crippen LogP contribution in [0.5, 0.6) is 0 Å². The summed E-state index contributed by atoms with van der Waals surface area (Å²) in [5, 5.41) is 0. The van der Waals surface area contributed by atoms with E-state index >= 15 is 0 Å². The number of rotatable bonds is 8. The van der Waals surface area contributed by atoms with Gasteiger partial charge in [-0.1, -0.05) is 0 Å². The smallest absolute Gasteiger partial charge is 0.339 e. The summed E-state index contributed by atoms with van der Waals surface area (Å²) in [5.74, 6) is -18.4. The van der Waals surface area contributed by atoms with Crippen molar-refractivity contribution in [3.63, 3.8) is 0 Å². The summed E-state index contributed by atoms with van der Waals surface area (Å²) in [6, 6.07) is 0. The van der Waals surface area contributed by atoms with Gasteiger partial charge in [0.05, 0.1) is 79.2 Å². The lowest BCUT2D eigenvalue weighted by molar-refractivity contribution is -0.188. The second-order valence-electron chi connectivity index (χ2n) is 7.31. The Kier molecular flexibility index (Phi) is 10.9. The van der Waals surface area contributed by atoms with Crippen LogP contribution >= 0.6 is 0 Å². The summed E-state index contributed by atoms with van der Waals surface area (Å²) in [4.78, 5) is 107. The fourth-order valence-corrected chi connectivity index (χ4v) is 4.20. The molecule has 0 fully saturated rings. The Balaban J connectivity index is 5.06. The molecule has 0 spiro atoms. The summed E-state index contributed by atoms with van der Waals surface area (Å²) < 4.78 is 37.7. The van der Waals surface area contributed by atoms with Crippen molar-refractivity contribution in [2.75, 3.05) is 56.9 Å². The average molecular weight is 558 g/mol. The zero-order chi connectivity index (χ0) is 30.2. The van der Waals surface area contributed by atoms with E-state index in [1.54, 1.807) is 0 Å². The Morgan fingerprint density at radius 1 is 0.436 bits per heavy atom. The summed E-state index contributed by atoms with van der Waals surface area (Å²) >= 11 is 0. The largest absolute Gasteiger partial charge is 0.469 e. The van der Waals surface area contributed by atoms with E-state index < -0.39 is 87.3 Å². The molecule has 1 aliphatic carbocycles. The highest BCUT2D eigenvalue weighted by atomic mass is 16.6. The third-order valence-electron chi connectivity index (χ3n) is 5.79. The van der Waals surface area contributed by atoms with Gasteiger partial charge in [-0.3, -0.25) is 19.2 Å². The molecule has 16 heteroatoms. The molecule has 1 aliphatic rings. The van der Waals surface area contributed by atoms with Gasteiger partial charge in [0.25, 0.3) is 0 Å². The van der Waals surface area contributed by atoms with Crippen molar-refractivity contribution >= 4 is 47.8 Å². The second kappa shape index (κ2) is 13.2. The van der Waals surface area contributed by atoms with E-state index in [4.69, 9.17) is 28.4 Å². The quantitative estimate of drug-likeness (QED) is 0.183. The number of hydrogen-bond donors (Lipinski definition) is 0. The Hall–Kier alpha value is -4.76. The molecule has 0 heterocycles. The fourth-order valence-electron chi connectivity index (χ4n) is 4.20. The number of carbonyl (C=O) groups is 8. The van der Waals surface area contributed by atoms with Crippen LogP contribution in [0.15, 0.2) is 22.3 Å². The first-order valence-electron chi connectivity index (χ1n) is 10.5. The van der Waals surface area contributed by atoms with Crippen LogP contribution in [0.1, 0.15) is 0 Å². The van der Waals surface area contributed by atoms with Crippen molar-refractivity contribution in [1.29, 1.82) is 0 Å². The molecule has 0 aromatic rings. The normalized spacial score (nSPS) is 18.1. The monoisotopic (exact) mass is 558 g/mol. The predicted octanol–water partition coefficient (Wildman–Crippen LogP) is -1.80. The Morgan fingerprint density at radius 3 is 0.923 bits per heavy atom. The third-order valence-corrected chi connectivity index (χ3v) is 5.79. The molecule has 0 amide bonds. The van der Waals surface area contributed by atoms with Crippen LogP contribution in [0.3, 0.4) is 0 Å². The number of esters is 8. The maximum atomic E-state index is 13.6. The minimum absolute atomic E-state index is 0.728. The highest BCUT2D eigenvalue weighted by Gasteiger charge is 2.71. The van der Waals surface area contributed by atoms with Gasteiger partial charge in [-0.15, -0.1) is 0 Å². The lowest BCUT2D eigenvalue weighted by atomic mass is 9.62. The van der Waals surface area contributed by atoms with Crippen LogP contribution < -0.4 is 0 Å². The summed E-state index contributed by atoms with van der Waals surface area (Å²) in [6.45, 7) is 0. The third kappa shape index (κ3) is 5.17. The zero-order valence-electron chi connectivity index (χ0n) is 22.2. The van der Waals surface area contributed by atoms with Gasteiger partial charge in [-0.05, 0) is 0 Å². The molecule has 16 nitrogen and oxygen atoms in total. The van der Waals surface area contributed by atoms with Crippen molar-refractivity contribution in [3.05, 3.63) is 22.3 Å². The average Bonchev–Trinajstić information content (AvgIpc) is 3.09. The van der Waals surface area contributed by atoms with Gasteiger partial charge in [-0.25, -0.2) is 19.2 Å². The van der Waals surface area contributed by atoms with E-state index in [2.05, 4.69) is 9.47 Å². The number of methoxy groups -OCH3 is 8. The molecule has 0 bridgehead atoms. The van der Waals surface area contributed by atoms with Crippen LogP contribution in [0.4, 0.5) is 0 Å². The Bertz CT molecular complexity index is 1070. The van der Waals surface area contributed by atoms with Crippen LogP contribution in [-0.4, -0.2) is 105 Å². The lowest BCUT2D eigenvalue weighted by Crippen LogP contribution is -2.59. The van der Waals surface area contributed by atoms with E-state index in [1.165, 1.54) is 0 Å². The molecule has 2 atom stereocenters. The van der Waals surface area contributed by atoms with Crippen molar-refractivity contribution < 1.29 is 76.3 Å². The first-order chi connectivity index (χ1) is 18.4. The number of hydrogen-bond acceptors (Lipinski definition) is 16. The molecular formula is C23H26O16. The van der Waals surface area contributed by atoms with Gasteiger partial charge >= 0.3 is 47.8 Å². The number of carbonyl (C=O) groups excluding carboxylic acids is 8. The lowest BCUT2D eigenvalue weighted by Gasteiger charge is -2.38. The molecule has 0 saturated carbocycles. The topological polar surface area (TPSA) is 210 Å². The van der Waals surface area contributed by atoms with Gasteiger partial charge in [0.1, 0.15) is 11.8 Å². The maximum Gasteiger partial charge on any atom is 0.339 e. The van der Waals surface area contributed by atoms with Crippen LogP contribution in [0, 0.1) is 17.3 Å². The molecule has 0 aromatic heterocycles. The van der Waals surface area contributed by atoms with Crippen LogP contribution in [0.2, 0.25) is 0 Å². The highest BCUT2D eigenvalue weighted by Crippen LogP contribution is 2.52. The van der Waals surface area contributed by atoms with E-state index in [1.807, 2.05) is 0 Å². The highest BCUT2D eigenvalue weighted by molar-refractivity contribution is 6.22. The van der Waals surface area contributed by atoms with Gasteiger partial charge in [0.2, 0.25) is 0 Å². The molecule has 214 valence electrons. The van der Waals surface area contributed by atoms with Gasteiger partial charge < -0.3 is 37.9 Å². The Labute approximate surface area is 221 Å². The van der Waals surface area contributed by atoms with Crippen molar-refractivity contribution in [1.82, 2.24) is 0 Å². The summed E-state index contributed by atoms with van der Waals surface area (Å²) in [7, 11) is 6.13. The minimum atomic E-state index is -3.41. The zero-order valence-corrected chi connectivity index (χ0v) is 22.2. The van der Waals surface area contributed by atoms with Gasteiger partial charge in [-0.2, -0.15) is 0 Å². The van der Waals surface area contributed by atoms with E-state index in [-0.39, 0.29) is 0 Å². The van der Waals surface area contributed by atoms with Crippen molar-refractivity contribution in [3.8, 4) is 0 Å². The molecule has 0 saturated heterocycles. The molecule has 0 N–H and O–H groups in total. The molecular weight excluding hydrogens is 532 g/mol. The molecule has 0 radical (unpaired) electrons. The van der Waals surface area contributed by atoms with E-state index in [9.17, 15) is 38.4 Å². The minimum Gasteiger partial charge on any atom is -0.469 e. The summed E-state index contributed by atoms with van der Waals surface area (Å²) in [5.41, 5.74) is -8.25. The SMILES string of the molecule is COC(=O)C1=C(C(=O)OC)[C@H](C(=O)OC)C(C(=O)OC)(C(=O)OC)[C@@H](C(=O)OC)C(C(=O)OC)=C1C(=O)OC. The van der Waals surface area contributed by atoms with E-state index in [0.29, 0.717) is 0 Å². The Morgan fingerprint density at radius 2 is 0.718 bits per heavy atom. The van der Waals surface area contributed by atoms with Gasteiger partial charge in [0, 0.05) is 0 Å². The predicted molar refractivity (Wildman–Crippen MR) is 120 cm³/mol. The number of ether oxygens (including phenoxy) is 8. The van der Waals surface area contributed by atoms with Crippen molar-refractivity contribution in [2.24, 2.45) is 17.3 Å². The van der Waals surface area contributed by atoms with Crippen LogP contribution in [0.25, 0.3) is 0 Å².